The van der Waals surface area contributed by atoms with E-state index in [4.69, 9.17) is 5.73 Å². The molecule has 1 rings (SSSR count). The maximum Gasteiger partial charge on any atom is 0.243 e. The van der Waals surface area contributed by atoms with Gasteiger partial charge in [-0.25, -0.2) is 17.5 Å². The fraction of sp³-hybridized carbons (Fsp3) is 0.467. The van der Waals surface area contributed by atoms with Crippen molar-refractivity contribution >= 4 is 10.0 Å². The lowest BCUT2D eigenvalue weighted by molar-refractivity contribution is 0.317. The van der Waals surface area contributed by atoms with Gasteiger partial charge in [-0.15, -0.1) is 0 Å². The number of halogens is 1. The molecule has 1 aromatic carbocycles. The summed E-state index contributed by atoms with van der Waals surface area (Å²) in [6.07, 6.45) is 0. The average Bonchev–Trinajstić information content (AvgIpc) is 2.34. The van der Waals surface area contributed by atoms with E-state index in [0.29, 0.717) is 5.56 Å². The second-order valence-corrected chi connectivity index (χ2v) is 7.54. The highest BCUT2D eigenvalue weighted by Gasteiger charge is 2.27. The molecular weight excluding hydrogens is 291 g/mol. The lowest BCUT2D eigenvalue weighted by Crippen LogP contribution is -2.41. The Bertz CT molecular complexity index is 667. The van der Waals surface area contributed by atoms with Gasteiger partial charge in [0.25, 0.3) is 0 Å². The summed E-state index contributed by atoms with van der Waals surface area (Å²) in [5.41, 5.74) is 5.36. The van der Waals surface area contributed by atoms with Gasteiger partial charge >= 0.3 is 0 Å². The molecule has 1 aromatic rings. The number of rotatable bonds is 3. The Kier molecular flexibility index (Phi) is 5.51. The van der Waals surface area contributed by atoms with E-state index < -0.39 is 15.8 Å². The van der Waals surface area contributed by atoms with E-state index in [2.05, 4.69) is 16.6 Å². The largest absolute Gasteiger partial charge is 0.320 e. The second kappa shape index (κ2) is 6.56. The van der Waals surface area contributed by atoms with Gasteiger partial charge in [0.2, 0.25) is 10.0 Å². The standard InChI is InChI=1S/C15H21FN2O2S/c1-11(15(2,3)4)18-21(19,20)14-8-7-12(6-5-9-17)10-13(14)16/h7-8,10-11,18H,9,17H2,1-4H3. The molecule has 0 aliphatic rings. The molecule has 0 saturated carbocycles. The number of nitrogens with two attached hydrogens (primary N) is 1. The first-order chi connectivity index (χ1) is 9.58. The minimum Gasteiger partial charge on any atom is -0.320 e. The molecule has 0 amide bonds. The Balaban J connectivity index is 3.10. The first-order valence-electron chi connectivity index (χ1n) is 6.59. The highest BCUT2D eigenvalue weighted by Crippen LogP contribution is 2.22. The van der Waals surface area contributed by atoms with Crippen LogP contribution < -0.4 is 10.5 Å². The molecule has 0 heterocycles. The van der Waals surface area contributed by atoms with Crippen molar-refractivity contribution in [2.24, 2.45) is 11.1 Å². The van der Waals surface area contributed by atoms with Crippen LogP contribution in [0.25, 0.3) is 0 Å². The normalized spacial score (nSPS) is 13.4. The summed E-state index contributed by atoms with van der Waals surface area (Å²) < 4.78 is 41.0. The van der Waals surface area contributed by atoms with Gasteiger partial charge in [0.05, 0.1) is 6.54 Å². The van der Waals surface area contributed by atoms with Crippen LogP contribution in [0.15, 0.2) is 23.1 Å². The Morgan fingerprint density at radius 2 is 2.00 bits per heavy atom. The molecule has 0 spiro atoms. The lowest BCUT2D eigenvalue weighted by atomic mass is 9.89. The summed E-state index contributed by atoms with van der Waals surface area (Å²) in [5, 5.41) is 0. The molecule has 3 N–H and O–H groups in total. The van der Waals surface area contributed by atoms with Crippen LogP contribution in [0.2, 0.25) is 0 Å². The molecule has 0 radical (unpaired) electrons. The Labute approximate surface area is 126 Å². The van der Waals surface area contributed by atoms with Crippen molar-refractivity contribution in [1.29, 1.82) is 0 Å². The van der Waals surface area contributed by atoms with Crippen LogP contribution in [0.4, 0.5) is 4.39 Å². The molecule has 116 valence electrons. The van der Waals surface area contributed by atoms with Gasteiger partial charge < -0.3 is 5.73 Å². The van der Waals surface area contributed by atoms with E-state index in [1.807, 2.05) is 20.8 Å². The Morgan fingerprint density at radius 3 is 2.48 bits per heavy atom. The predicted octanol–water partition coefficient (Wildman–Crippen LogP) is 1.85. The summed E-state index contributed by atoms with van der Waals surface area (Å²) >= 11 is 0. The van der Waals surface area contributed by atoms with Gasteiger partial charge in [-0.05, 0) is 30.5 Å². The molecule has 1 unspecified atom stereocenters. The van der Waals surface area contributed by atoms with Gasteiger partial charge in [-0.3, -0.25) is 0 Å². The number of sulfonamides is 1. The predicted molar refractivity (Wildman–Crippen MR) is 81.6 cm³/mol. The smallest absolute Gasteiger partial charge is 0.243 e. The molecular formula is C15H21FN2O2S. The molecule has 0 aliphatic heterocycles. The Morgan fingerprint density at radius 1 is 1.38 bits per heavy atom. The van der Waals surface area contributed by atoms with Crippen LogP contribution >= 0.6 is 0 Å². The maximum atomic E-state index is 14.0. The SMILES string of the molecule is CC(NS(=O)(=O)c1ccc(C#CCN)cc1F)C(C)(C)C. The number of benzene rings is 1. The van der Waals surface area contributed by atoms with Crippen molar-refractivity contribution in [3.8, 4) is 11.8 Å². The van der Waals surface area contributed by atoms with E-state index >= 15 is 0 Å². The minimum atomic E-state index is -3.91. The highest BCUT2D eigenvalue weighted by molar-refractivity contribution is 7.89. The number of hydrogen-bond acceptors (Lipinski definition) is 3. The summed E-state index contributed by atoms with van der Waals surface area (Å²) in [6.45, 7) is 7.62. The molecule has 0 aromatic heterocycles. The topological polar surface area (TPSA) is 72.2 Å². The monoisotopic (exact) mass is 312 g/mol. The van der Waals surface area contributed by atoms with Gasteiger partial charge in [-0.1, -0.05) is 32.6 Å². The van der Waals surface area contributed by atoms with Crippen molar-refractivity contribution < 1.29 is 12.8 Å². The average molecular weight is 312 g/mol. The molecule has 1 atom stereocenters. The van der Waals surface area contributed by atoms with Gasteiger partial charge in [0.15, 0.2) is 0 Å². The third kappa shape index (κ3) is 4.81. The molecule has 6 heteroatoms. The maximum absolute atomic E-state index is 14.0. The number of hydrogen-bond donors (Lipinski definition) is 2. The van der Waals surface area contributed by atoms with E-state index in [-0.39, 0.29) is 22.9 Å². The van der Waals surface area contributed by atoms with Crippen LogP contribution in [-0.4, -0.2) is 21.0 Å². The number of nitrogens with one attached hydrogen (secondary N) is 1. The zero-order valence-corrected chi connectivity index (χ0v) is 13.5. The molecule has 21 heavy (non-hydrogen) atoms. The molecule has 4 nitrogen and oxygen atoms in total. The Hall–Kier alpha value is -1.42. The summed E-state index contributed by atoms with van der Waals surface area (Å²) in [7, 11) is -3.91. The van der Waals surface area contributed by atoms with Crippen LogP contribution in [0.1, 0.15) is 33.3 Å². The second-order valence-electron chi connectivity index (χ2n) is 5.86. The van der Waals surface area contributed by atoms with Gasteiger partial charge in [0, 0.05) is 11.6 Å². The van der Waals surface area contributed by atoms with E-state index in [0.717, 1.165) is 6.07 Å². The third-order valence-electron chi connectivity index (χ3n) is 3.19. The van der Waals surface area contributed by atoms with Gasteiger partial charge in [-0.2, -0.15) is 0 Å². The zero-order valence-electron chi connectivity index (χ0n) is 12.7. The highest BCUT2D eigenvalue weighted by atomic mass is 32.2. The molecule has 0 saturated heterocycles. The molecule has 0 bridgehead atoms. The zero-order chi connectivity index (χ0) is 16.3. The summed E-state index contributed by atoms with van der Waals surface area (Å²) in [5.74, 6) is 4.42. The van der Waals surface area contributed by atoms with Crippen molar-refractivity contribution in [2.45, 2.75) is 38.6 Å². The van der Waals surface area contributed by atoms with Crippen molar-refractivity contribution in [2.75, 3.05) is 6.54 Å². The summed E-state index contributed by atoms with van der Waals surface area (Å²) in [4.78, 5) is -0.378. The fourth-order valence-electron chi connectivity index (χ4n) is 1.42. The summed E-state index contributed by atoms with van der Waals surface area (Å²) in [6, 6.07) is 3.44. The van der Waals surface area contributed by atoms with Gasteiger partial charge in [0.1, 0.15) is 10.7 Å². The van der Waals surface area contributed by atoms with Crippen molar-refractivity contribution in [1.82, 2.24) is 4.72 Å². The van der Waals surface area contributed by atoms with Crippen molar-refractivity contribution in [3.63, 3.8) is 0 Å². The molecule has 0 fully saturated rings. The lowest BCUT2D eigenvalue weighted by Gasteiger charge is -2.27. The minimum absolute atomic E-state index is 0.159. The third-order valence-corrected chi connectivity index (χ3v) is 4.76. The van der Waals surface area contributed by atoms with Crippen LogP contribution in [-0.2, 0) is 10.0 Å². The van der Waals surface area contributed by atoms with Crippen LogP contribution in [0.5, 0.6) is 0 Å². The van der Waals surface area contributed by atoms with E-state index in [9.17, 15) is 12.8 Å². The van der Waals surface area contributed by atoms with Crippen LogP contribution in [0, 0.1) is 23.1 Å². The quantitative estimate of drug-likeness (QED) is 0.837. The van der Waals surface area contributed by atoms with E-state index in [1.165, 1.54) is 12.1 Å². The first-order valence-corrected chi connectivity index (χ1v) is 8.07. The molecule has 0 aliphatic carbocycles. The van der Waals surface area contributed by atoms with Crippen LogP contribution in [0.3, 0.4) is 0 Å². The fourth-order valence-corrected chi connectivity index (χ4v) is 2.93. The van der Waals surface area contributed by atoms with Crippen molar-refractivity contribution in [3.05, 3.63) is 29.6 Å². The van der Waals surface area contributed by atoms with E-state index in [1.54, 1.807) is 6.92 Å². The first kappa shape index (κ1) is 17.6.